The average Bonchev–Trinajstić information content (AvgIpc) is 2.78. The maximum atomic E-state index is 11.6. The van der Waals surface area contributed by atoms with Crippen molar-refractivity contribution in [1.82, 2.24) is 9.97 Å². The second-order valence-corrected chi connectivity index (χ2v) is 7.58. The number of carbonyl (C=O) groups excluding carboxylic acids is 1. The summed E-state index contributed by atoms with van der Waals surface area (Å²) in [7, 11) is 3.12. The lowest BCUT2D eigenvalue weighted by atomic mass is 9.93. The van der Waals surface area contributed by atoms with Gasteiger partial charge < -0.3 is 14.4 Å². The maximum absolute atomic E-state index is 11.6. The number of hydrogen-bond acceptors (Lipinski definition) is 6. The van der Waals surface area contributed by atoms with E-state index in [0.29, 0.717) is 12.3 Å². The highest BCUT2D eigenvalue weighted by molar-refractivity contribution is 5.73. The molecule has 0 amide bonds. The quantitative estimate of drug-likeness (QED) is 0.620. The Morgan fingerprint density at radius 3 is 2.52 bits per heavy atom. The Kier molecular flexibility index (Phi) is 7.44. The lowest BCUT2D eigenvalue weighted by molar-refractivity contribution is -0.141. The van der Waals surface area contributed by atoms with E-state index in [1.54, 1.807) is 7.11 Å². The fourth-order valence-corrected chi connectivity index (χ4v) is 3.73. The zero-order valence-electron chi connectivity index (χ0n) is 17.7. The first-order chi connectivity index (χ1) is 14.1. The van der Waals surface area contributed by atoms with Crippen LogP contribution in [0.5, 0.6) is 5.75 Å². The van der Waals surface area contributed by atoms with Crippen molar-refractivity contribution in [2.24, 2.45) is 5.92 Å². The number of rotatable bonds is 8. The summed E-state index contributed by atoms with van der Waals surface area (Å²) in [5, 5.41) is 0. The molecule has 0 N–H and O–H groups in total. The van der Waals surface area contributed by atoms with Crippen molar-refractivity contribution in [3.05, 3.63) is 36.2 Å². The summed E-state index contributed by atoms with van der Waals surface area (Å²) in [6.07, 6.45) is 7.50. The zero-order chi connectivity index (χ0) is 20.6. The van der Waals surface area contributed by atoms with Gasteiger partial charge in [0, 0.05) is 31.3 Å². The topological polar surface area (TPSA) is 64.5 Å². The fraction of sp³-hybridized carbons (Fsp3) is 0.522. The van der Waals surface area contributed by atoms with Gasteiger partial charge in [-0.15, -0.1) is 0 Å². The van der Waals surface area contributed by atoms with E-state index in [1.165, 1.54) is 7.11 Å². The highest BCUT2D eigenvalue weighted by Crippen LogP contribution is 2.32. The van der Waals surface area contributed by atoms with E-state index in [0.717, 1.165) is 73.7 Å². The number of benzene rings is 1. The van der Waals surface area contributed by atoms with Crippen molar-refractivity contribution in [2.45, 2.75) is 45.4 Å². The van der Waals surface area contributed by atoms with Crippen molar-refractivity contribution in [2.75, 3.05) is 32.2 Å². The van der Waals surface area contributed by atoms with E-state index in [9.17, 15) is 4.79 Å². The van der Waals surface area contributed by atoms with Gasteiger partial charge in [0.1, 0.15) is 11.4 Å². The van der Waals surface area contributed by atoms with Crippen molar-refractivity contribution in [3.8, 4) is 17.0 Å². The van der Waals surface area contributed by atoms with Crippen LogP contribution in [-0.2, 0) is 16.0 Å². The molecule has 29 heavy (non-hydrogen) atoms. The van der Waals surface area contributed by atoms with Gasteiger partial charge in [-0.1, -0.05) is 13.3 Å². The van der Waals surface area contributed by atoms with Crippen molar-refractivity contribution in [3.63, 3.8) is 0 Å². The van der Waals surface area contributed by atoms with Crippen molar-refractivity contribution in [1.29, 1.82) is 0 Å². The number of anilines is 1. The number of hydrogen-bond donors (Lipinski definition) is 0. The molecular weight excluding hydrogens is 366 g/mol. The molecular formula is C23H31N3O3. The van der Waals surface area contributed by atoms with Gasteiger partial charge in [0.25, 0.3) is 0 Å². The summed E-state index contributed by atoms with van der Waals surface area (Å²) in [6, 6.07) is 7.97. The number of piperidine rings is 1. The molecule has 1 aliphatic rings. The molecule has 1 aromatic carbocycles. The van der Waals surface area contributed by atoms with E-state index < -0.39 is 0 Å². The van der Waals surface area contributed by atoms with Crippen LogP contribution in [-0.4, -0.2) is 43.2 Å². The Balaban J connectivity index is 1.83. The van der Waals surface area contributed by atoms with Crippen LogP contribution in [0.25, 0.3) is 11.3 Å². The van der Waals surface area contributed by atoms with Gasteiger partial charge in [0.15, 0.2) is 5.82 Å². The monoisotopic (exact) mass is 397 g/mol. The Bertz CT molecular complexity index is 800. The molecule has 6 nitrogen and oxygen atoms in total. The smallest absolute Gasteiger partial charge is 0.305 e. The highest BCUT2D eigenvalue weighted by atomic mass is 16.5. The van der Waals surface area contributed by atoms with Gasteiger partial charge in [0.2, 0.25) is 0 Å². The second-order valence-electron chi connectivity index (χ2n) is 7.58. The largest absolute Gasteiger partial charge is 0.497 e. The van der Waals surface area contributed by atoms with Gasteiger partial charge in [-0.25, -0.2) is 4.98 Å². The summed E-state index contributed by atoms with van der Waals surface area (Å²) in [6.45, 7) is 3.93. The van der Waals surface area contributed by atoms with Crippen LogP contribution in [0.3, 0.4) is 0 Å². The lowest BCUT2D eigenvalue weighted by Crippen LogP contribution is -2.35. The number of esters is 1. The molecule has 0 unspecified atom stereocenters. The summed E-state index contributed by atoms with van der Waals surface area (Å²) in [4.78, 5) is 23.7. The number of ether oxygens (including phenoxy) is 2. The minimum Gasteiger partial charge on any atom is -0.497 e. The van der Waals surface area contributed by atoms with E-state index in [4.69, 9.17) is 19.4 Å². The molecule has 0 spiro atoms. The minimum atomic E-state index is -0.122. The van der Waals surface area contributed by atoms with Crippen LogP contribution in [0, 0.1) is 5.92 Å². The van der Waals surface area contributed by atoms with Crippen LogP contribution in [0.15, 0.2) is 30.5 Å². The highest BCUT2D eigenvalue weighted by Gasteiger charge is 2.25. The van der Waals surface area contributed by atoms with Crippen LogP contribution < -0.4 is 9.64 Å². The van der Waals surface area contributed by atoms with E-state index in [2.05, 4.69) is 11.8 Å². The molecule has 1 saturated heterocycles. The predicted octanol–water partition coefficient (Wildman–Crippen LogP) is 4.27. The number of nitrogens with zero attached hydrogens (tertiary/aromatic N) is 3. The van der Waals surface area contributed by atoms with Crippen LogP contribution in [0.1, 0.15) is 44.7 Å². The van der Waals surface area contributed by atoms with E-state index in [-0.39, 0.29) is 5.97 Å². The normalized spacial score (nSPS) is 14.7. The fourth-order valence-electron chi connectivity index (χ4n) is 3.73. The molecule has 0 saturated carbocycles. The molecule has 2 heterocycles. The number of methoxy groups -OCH3 is 2. The van der Waals surface area contributed by atoms with Crippen LogP contribution in [0.2, 0.25) is 0 Å². The summed E-state index contributed by atoms with van der Waals surface area (Å²) in [5.41, 5.74) is 2.97. The number of unbranched alkanes of at least 4 members (excludes halogenated alkanes) is 1. The van der Waals surface area contributed by atoms with Crippen LogP contribution >= 0.6 is 0 Å². The molecule has 0 bridgehead atoms. The molecule has 1 aliphatic heterocycles. The van der Waals surface area contributed by atoms with Crippen LogP contribution in [0.4, 0.5) is 5.82 Å². The molecule has 1 aromatic heterocycles. The average molecular weight is 398 g/mol. The lowest BCUT2D eigenvalue weighted by Gasteiger charge is -2.33. The number of carbonyl (C=O) groups is 1. The zero-order valence-corrected chi connectivity index (χ0v) is 17.7. The standard InChI is InChI=1S/C23H31N3O3/c1-4-5-6-19-16-24-22(18-7-9-20(28-2)10-8-18)23(25-19)26-13-11-17(12-14-26)15-21(27)29-3/h7-10,16-17H,4-6,11-15H2,1-3H3. The molecule has 0 radical (unpaired) electrons. The molecule has 0 aliphatic carbocycles. The third kappa shape index (κ3) is 5.46. The molecule has 1 fully saturated rings. The molecule has 0 atom stereocenters. The first-order valence-corrected chi connectivity index (χ1v) is 10.5. The molecule has 6 heteroatoms. The summed E-state index contributed by atoms with van der Waals surface area (Å²) < 4.78 is 10.1. The summed E-state index contributed by atoms with van der Waals surface area (Å²) >= 11 is 0. The first kappa shape index (κ1) is 21.1. The van der Waals surface area contributed by atoms with Crippen molar-refractivity contribution < 1.29 is 14.3 Å². The van der Waals surface area contributed by atoms with E-state index in [1.807, 2.05) is 30.5 Å². The number of aromatic nitrogens is 2. The number of aryl methyl sites for hydroxylation is 1. The van der Waals surface area contributed by atoms with Gasteiger partial charge in [-0.2, -0.15) is 0 Å². The Morgan fingerprint density at radius 2 is 1.90 bits per heavy atom. The Hall–Kier alpha value is -2.63. The van der Waals surface area contributed by atoms with Crippen molar-refractivity contribution >= 4 is 11.8 Å². The Morgan fingerprint density at radius 1 is 1.17 bits per heavy atom. The van der Waals surface area contributed by atoms with E-state index >= 15 is 0 Å². The second kappa shape index (κ2) is 10.2. The Labute approximate surface area is 173 Å². The molecule has 2 aromatic rings. The van der Waals surface area contributed by atoms with Gasteiger partial charge >= 0.3 is 5.97 Å². The molecule has 156 valence electrons. The van der Waals surface area contributed by atoms with Gasteiger partial charge in [0.05, 0.1) is 19.9 Å². The van der Waals surface area contributed by atoms with Gasteiger partial charge in [-0.05, 0) is 55.9 Å². The third-order valence-corrected chi connectivity index (χ3v) is 5.55. The van der Waals surface area contributed by atoms with Gasteiger partial charge in [-0.3, -0.25) is 9.78 Å². The molecule has 3 rings (SSSR count). The SMILES string of the molecule is CCCCc1cnc(-c2ccc(OC)cc2)c(N2CCC(CC(=O)OC)CC2)n1. The first-order valence-electron chi connectivity index (χ1n) is 10.5. The summed E-state index contributed by atoms with van der Waals surface area (Å²) in [5.74, 6) is 2.02. The minimum absolute atomic E-state index is 0.122. The maximum Gasteiger partial charge on any atom is 0.305 e. The predicted molar refractivity (Wildman–Crippen MR) is 114 cm³/mol. The third-order valence-electron chi connectivity index (χ3n) is 5.55.